The zero-order valence-electron chi connectivity index (χ0n) is 10.2. The molecule has 3 rings (SSSR count). The number of aryl methyl sites for hydroxylation is 1. The van der Waals surface area contributed by atoms with E-state index in [1.165, 1.54) is 67.1 Å². The number of nitrogens with zero attached hydrogens (tertiary/aromatic N) is 1. The van der Waals surface area contributed by atoms with Crippen molar-refractivity contribution in [3.05, 3.63) is 20.2 Å². The Morgan fingerprint density at radius 2 is 2.06 bits per heavy atom. The maximum atomic E-state index is 11.4. The number of aromatic nitrogens is 1. The molecule has 0 amide bonds. The summed E-state index contributed by atoms with van der Waals surface area (Å²) < 4.78 is 0. The van der Waals surface area contributed by atoms with Crippen LogP contribution in [0.2, 0.25) is 0 Å². The lowest BCUT2D eigenvalue weighted by molar-refractivity contribution is 0.208. The summed E-state index contributed by atoms with van der Waals surface area (Å²) in [5, 5.41) is 0. The van der Waals surface area contributed by atoms with Crippen LogP contribution in [0.4, 0.5) is 0 Å². The maximum Gasteiger partial charge on any atom is 0.304 e. The van der Waals surface area contributed by atoms with E-state index in [1.807, 2.05) is 0 Å². The molecule has 0 radical (unpaired) electrons. The molecule has 2 heterocycles. The molecule has 0 saturated carbocycles. The number of thiazole rings is 1. The Morgan fingerprint density at radius 1 is 1.24 bits per heavy atom. The zero-order chi connectivity index (χ0) is 11.7. The number of hydrogen-bond donors (Lipinski definition) is 1. The van der Waals surface area contributed by atoms with E-state index in [1.54, 1.807) is 0 Å². The fraction of sp³-hybridized carbons (Fsp3) is 0.769. The average Bonchev–Trinajstić information content (AvgIpc) is 2.72. The average molecular weight is 252 g/mol. The molecule has 1 aromatic rings. The summed E-state index contributed by atoms with van der Waals surface area (Å²) in [6, 6.07) is 0. The van der Waals surface area contributed by atoms with Crippen molar-refractivity contribution in [2.75, 3.05) is 19.6 Å². The molecule has 0 spiro atoms. The molecule has 17 heavy (non-hydrogen) atoms. The van der Waals surface area contributed by atoms with Crippen molar-refractivity contribution in [1.82, 2.24) is 9.88 Å². The van der Waals surface area contributed by atoms with Gasteiger partial charge in [0.2, 0.25) is 0 Å². The minimum absolute atomic E-state index is 0.139. The van der Waals surface area contributed by atoms with Crippen molar-refractivity contribution in [2.24, 2.45) is 0 Å². The van der Waals surface area contributed by atoms with Crippen LogP contribution in [0.25, 0.3) is 0 Å². The molecule has 1 aliphatic heterocycles. The van der Waals surface area contributed by atoms with Gasteiger partial charge in [0.1, 0.15) is 0 Å². The third-order valence-electron chi connectivity index (χ3n) is 4.04. The highest BCUT2D eigenvalue weighted by Crippen LogP contribution is 2.32. The van der Waals surface area contributed by atoms with Crippen LogP contribution in [-0.2, 0) is 6.42 Å². The van der Waals surface area contributed by atoms with Gasteiger partial charge in [-0.05, 0) is 45.2 Å². The van der Waals surface area contributed by atoms with Crippen molar-refractivity contribution in [2.45, 2.75) is 44.4 Å². The van der Waals surface area contributed by atoms with Crippen LogP contribution in [-0.4, -0.2) is 29.5 Å². The Morgan fingerprint density at radius 3 is 2.88 bits per heavy atom. The van der Waals surface area contributed by atoms with Crippen LogP contribution in [0.15, 0.2) is 4.79 Å². The van der Waals surface area contributed by atoms with Crippen molar-refractivity contribution in [1.29, 1.82) is 0 Å². The molecule has 94 valence electrons. The topological polar surface area (TPSA) is 36.1 Å². The largest absolute Gasteiger partial charge is 0.316 e. The number of rotatable bonds is 2. The van der Waals surface area contributed by atoms with Gasteiger partial charge in [-0.2, -0.15) is 0 Å². The van der Waals surface area contributed by atoms with Gasteiger partial charge in [0, 0.05) is 23.0 Å². The van der Waals surface area contributed by atoms with Gasteiger partial charge in [-0.15, -0.1) is 0 Å². The van der Waals surface area contributed by atoms with E-state index in [0.29, 0.717) is 5.92 Å². The Bertz CT molecular complexity index is 431. The lowest BCUT2D eigenvalue weighted by atomic mass is 9.90. The molecule has 1 fully saturated rings. The standard InChI is InChI=1S/C13H20N2OS/c16-13-14-12-10(5-4-6-11(12)17-13)9-15-7-2-1-3-8-15/h10H,1-9H2,(H,14,16)/t10-/m1/s1. The molecule has 3 nitrogen and oxygen atoms in total. The fourth-order valence-corrected chi connectivity index (χ4v) is 4.14. The van der Waals surface area contributed by atoms with Crippen molar-refractivity contribution >= 4 is 11.3 Å². The summed E-state index contributed by atoms with van der Waals surface area (Å²) in [4.78, 5) is 18.6. The number of hydrogen-bond acceptors (Lipinski definition) is 3. The van der Waals surface area contributed by atoms with Gasteiger partial charge < -0.3 is 9.88 Å². The molecule has 1 saturated heterocycles. The zero-order valence-corrected chi connectivity index (χ0v) is 11.0. The lowest BCUT2D eigenvalue weighted by Crippen LogP contribution is -2.34. The van der Waals surface area contributed by atoms with Gasteiger partial charge in [-0.3, -0.25) is 4.79 Å². The first-order chi connectivity index (χ1) is 8.33. The van der Waals surface area contributed by atoms with Crippen LogP contribution >= 0.6 is 11.3 Å². The summed E-state index contributed by atoms with van der Waals surface area (Å²) in [5.41, 5.74) is 1.26. The normalized spacial score (nSPS) is 25.8. The number of H-pyrrole nitrogens is 1. The quantitative estimate of drug-likeness (QED) is 0.877. The molecule has 1 N–H and O–H groups in total. The molecule has 1 atom stereocenters. The highest BCUT2D eigenvalue weighted by molar-refractivity contribution is 7.09. The second-order valence-electron chi connectivity index (χ2n) is 5.30. The minimum atomic E-state index is 0.139. The summed E-state index contributed by atoms with van der Waals surface area (Å²) in [7, 11) is 0. The minimum Gasteiger partial charge on any atom is -0.316 e. The molecule has 0 aromatic carbocycles. The van der Waals surface area contributed by atoms with E-state index < -0.39 is 0 Å². The lowest BCUT2D eigenvalue weighted by Gasteiger charge is -2.31. The number of nitrogens with one attached hydrogen (secondary N) is 1. The summed E-state index contributed by atoms with van der Waals surface area (Å²) in [5.74, 6) is 0.579. The highest BCUT2D eigenvalue weighted by atomic mass is 32.1. The van der Waals surface area contributed by atoms with Gasteiger partial charge in [0.05, 0.1) is 0 Å². The van der Waals surface area contributed by atoms with E-state index in [9.17, 15) is 4.79 Å². The second kappa shape index (κ2) is 4.94. The van der Waals surface area contributed by atoms with Crippen LogP contribution in [0.1, 0.15) is 48.6 Å². The SMILES string of the molecule is O=c1[nH]c2c(s1)CCC[C@@H]2CN1CCCCC1. The molecule has 2 aliphatic rings. The van der Waals surface area contributed by atoms with Gasteiger partial charge in [-0.1, -0.05) is 17.8 Å². The summed E-state index contributed by atoms with van der Waals surface area (Å²) >= 11 is 1.43. The van der Waals surface area contributed by atoms with Gasteiger partial charge in [0.25, 0.3) is 0 Å². The van der Waals surface area contributed by atoms with Crippen molar-refractivity contribution in [3.63, 3.8) is 0 Å². The molecule has 0 unspecified atom stereocenters. The van der Waals surface area contributed by atoms with Crippen LogP contribution in [0.3, 0.4) is 0 Å². The van der Waals surface area contributed by atoms with Crippen molar-refractivity contribution < 1.29 is 0 Å². The van der Waals surface area contributed by atoms with Gasteiger partial charge >= 0.3 is 4.87 Å². The highest BCUT2D eigenvalue weighted by Gasteiger charge is 2.25. The van der Waals surface area contributed by atoms with Gasteiger partial charge in [-0.25, -0.2) is 0 Å². The molecule has 4 heteroatoms. The van der Waals surface area contributed by atoms with Crippen molar-refractivity contribution in [3.8, 4) is 0 Å². The van der Waals surface area contributed by atoms with E-state index in [2.05, 4.69) is 9.88 Å². The molecule has 1 aliphatic carbocycles. The van der Waals surface area contributed by atoms with E-state index in [4.69, 9.17) is 0 Å². The molecule has 0 bridgehead atoms. The molecular formula is C13H20N2OS. The third-order valence-corrected chi connectivity index (χ3v) is 5.00. The van der Waals surface area contributed by atoms with E-state index in [-0.39, 0.29) is 4.87 Å². The second-order valence-corrected chi connectivity index (χ2v) is 6.37. The third kappa shape index (κ3) is 2.47. The van der Waals surface area contributed by atoms with Crippen LogP contribution in [0, 0.1) is 0 Å². The summed E-state index contributed by atoms with van der Waals surface area (Å²) in [6.45, 7) is 3.65. The summed E-state index contributed by atoms with van der Waals surface area (Å²) in [6.07, 6.45) is 7.69. The molecule has 1 aromatic heterocycles. The maximum absolute atomic E-state index is 11.4. The Labute approximate surface area is 106 Å². The first-order valence-electron chi connectivity index (χ1n) is 6.77. The number of piperidine rings is 1. The van der Waals surface area contributed by atoms with Crippen LogP contribution < -0.4 is 4.87 Å². The first kappa shape index (κ1) is 11.5. The smallest absolute Gasteiger partial charge is 0.304 e. The predicted octanol–water partition coefficient (Wildman–Crippen LogP) is 2.34. The number of fused-ring (bicyclic) bond motifs is 1. The van der Waals surface area contributed by atoms with E-state index in [0.717, 1.165) is 13.0 Å². The Hall–Kier alpha value is -0.610. The van der Waals surface area contributed by atoms with Crippen LogP contribution in [0.5, 0.6) is 0 Å². The first-order valence-corrected chi connectivity index (χ1v) is 7.59. The monoisotopic (exact) mass is 252 g/mol. The molecular weight excluding hydrogens is 232 g/mol. The fourth-order valence-electron chi connectivity index (χ4n) is 3.18. The predicted molar refractivity (Wildman–Crippen MR) is 70.9 cm³/mol. The number of likely N-dealkylation sites (tertiary alicyclic amines) is 1. The van der Waals surface area contributed by atoms with Gasteiger partial charge in [0.15, 0.2) is 0 Å². The number of aromatic amines is 1. The Kier molecular flexibility index (Phi) is 3.34. The van der Waals surface area contributed by atoms with E-state index >= 15 is 0 Å². The Balaban J connectivity index is 1.73.